The molecule has 1 heterocycles. The minimum Gasteiger partial charge on any atom is -0.487 e. The summed E-state index contributed by atoms with van der Waals surface area (Å²) in [6.45, 7) is 3.31. The second-order valence-electron chi connectivity index (χ2n) is 6.59. The predicted molar refractivity (Wildman–Crippen MR) is 112 cm³/mol. The standard InChI is InChI=1S/C22H18BrF2NO4/c1-3-15-16(22(28)29)5-4-6-18(15)26-12(2)9-19(20(23)21(26)27)30-11-13-7-8-14(24)10-17(13)25/h4-10H,3,11H2,1-2H3,(H,28,29). The minimum atomic E-state index is -1.07. The van der Waals surface area contributed by atoms with Crippen LogP contribution in [0.2, 0.25) is 0 Å². The molecule has 5 nitrogen and oxygen atoms in total. The Morgan fingerprint density at radius 2 is 1.93 bits per heavy atom. The first kappa shape index (κ1) is 21.7. The number of ether oxygens (including phenoxy) is 1. The van der Waals surface area contributed by atoms with Gasteiger partial charge in [-0.15, -0.1) is 0 Å². The molecule has 156 valence electrons. The van der Waals surface area contributed by atoms with Gasteiger partial charge in [0, 0.05) is 23.4 Å². The van der Waals surface area contributed by atoms with Crippen molar-refractivity contribution in [1.29, 1.82) is 0 Å². The van der Waals surface area contributed by atoms with Gasteiger partial charge in [0.15, 0.2) is 0 Å². The van der Waals surface area contributed by atoms with E-state index in [1.165, 1.54) is 16.7 Å². The molecule has 0 bridgehead atoms. The van der Waals surface area contributed by atoms with E-state index in [-0.39, 0.29) is 28.0 Å². The first-order valence-electron chi connectivity index (χ1n) is 9.09. The number of hydrogen-bond acceptors (Lipinski definition) is 3. The molecule has 0 saturated heterocycles. The van der Waals surface area contributed by atoms with Gasteiger partial charge in [-0.1, -0.05) is 13.0 Å². The van der Waals surface area contributed by atoms with Crippen molar-refractivity contribution in [3.05, 3.63) is 91.3 Å². The summed E-state index contributed by atoms with van der Waals surface area (Å²) in [5.74, 6) is -2.30. The molecule has 0 fully saturated rings. The average molecular weight is 478 g/mol. The maximum Gasteiger partial charge on any atom is 0.336 e. The van der Waals surface area contributed by atoms with Gasteiger partial charge >= 0.3 is 5.97 Å². The number of pyridine rings is 1. The lowest BCUT2D eigenvalue weighted by Gasteiger charge is -2.18. The van der Waals surface area contributed by atoms with E-state index in [0.717, 1.165) is 12.1 Å². The fourth-order valence-electron chi connectivity index (χ4n) is 3.24. The van der Waals surface area contributed by atoms with E-state index >= 15 is 0 Å². The molecule has 0 spiro atoms. The third kappa shape index (κ3) is 4.14. The molecule has 1 N–H and O–H groups in total. The highest BCUT2D eigenvalue weighted by atomic mass is 79.9. The van der Waals surface area contributed by atoms with E-state index in [1.807, 2.05) is 6.92 Å². The molecule has 0 amide bonds. The van der Waals surface area contributed by atoms with E-state index in [1.54, 1.807) is 25.1 Å². The number of carboxylic acids is 1. The molecule has 8 heteroatoms. The van der Waals surface area contributed by atoms with Crippen LogP contribution in [0.5, 0.6) is 5.75 Å². The Morgan fingerprint density at radius 3 is 2.57 bits per heavy atom. The van der Waals surface area contributed by atoms with Gasteiger partial charge in [0.1, 0.15) is 28.5 Å². The third-order valence-electron chi connectivity index (χ3n) is 4.67. The van der Waals surface area contributed by atoms with Crippen molar-refractivity contribution in [2.24, 2.45) is 0 Å². The van der Waals surface area contributed by atoms with E-state index in [4.69, 9.17) is 4.74 Å². The van der Waals surface area contributed by atoms with Crippen molar-refractivity contribution >= 4 is 21.9 Å². The van der Waals surface area contributed by atoms with Crippen LogP contribution in [-0.2, 0) is 13.0 Å². The maximum absolute atomic E-state index is 13.8. The highest BCUT2D eigenvalue weighted by Crippen LogP contribution is 2.27. The van der Waals surface area contributed by atoms with Crippen LogP contribution in [0.4, 0.5) is 8.78 Å². The zero-order chi connectivity index (χ0) is 22.0. The summed E-state index contributed by atoms with van der Waals surface area (Å²) in [6, 6.07) is 9.52. The van der Waals surface area contributed by atoms with Gasteiger partial charge in [-0.2, -0.15) is 0 Å². The van der Waals surface area contributed by atoms with Crippen LogP contribution in [0.25, 0.3) is 5.69 Å². The Morgan fingerprint density at radius 1 is 1.20 bits per heavy atom. The van der Waals surface area contributed by atoms with Crippen LogP contribution in [0, 0.1) is 18.6 Å². The van der Waals surface area contributed by atoms with Crippen molar-refractivity contribution in [3.63, 3.8) is 0 Å². The van der Waals surface area contributed by atoms with Gasteiger partial charge in [0.2, 0.25) is 0 Å². The Balaban J connectivity index is 2.03. The highest BCUT2D eigenvalue weighted by molar-refractivity contribution is 9.10. The molecule has 0 aliphatic rings. The summed E-state index contributed by atoms with van der Waals surface area (Å²) in [4.78, 5) is 24.6. The Hall–Kier alpha value is -3.00. The fourth-order valence-corrected chi connectivity index (χ4v) is 3.64. The quantitative estimate of drug-likeness (QED) is 0.540. The molecule has 1 aromatic heterocycles. The number of aromatic carboxylic acids is 1. The molecular weight excluding hydrogens is 460 g/mol. The van der Waals surface area contributed by atoms with Gasteiger partial charge in [0.25, 0.3) is 5.56 Å². The highest BCUT2D eigenvalue weighted by Gasteiger charge is 2.19. The normalized spacial score (nSPS) is 10.8. The summed E-state index contributed by atoms with van der Waals surface area (Å²) >= 11 is 3.23. The van der Waals surface area contributed by atoms with Gasteiger partial charge in [-0.05, 0) is 59.1 Å². The molecule has 0 aliphatic carbocycles. The number of carboxylic acid groups (broad SMARTS) is 1. The lowest BCUT2D eigenvalue weighted by atomic mass is 10.0. The number of benzene rings is 2. The number of rotatable bonds is 6. The Labute approximate surface area is 179 Å². The molecule has 0 atom stereocenters. The van der Waals surface area contributed by atoms with E-state index in [9.17, 15) is 23.5 Å². The number of hydrogen-bond donors (Lipinski definition) is 1. The SMILES string of the molecule is CCc1c(C(=O)O)cccc1-n1c(C)cc(OCc2ccc(F)cc2F)c(Br)c1=O. The fraction of sp³-hybridized carbons (Fsp3) is 0.182. The number of aryl methyl sites for hydroxylation is 1. The molecule has 3 aromatic rings. The van der Waals surface area contributed by atoms with Crippen LogP contribution in [0.1, 0.15) is 34.1 Å². The molecular formula is C22H18BrF2NO4. The van der Waals surface area contributed by atoms with Gasteiger partial charge < -0.3 is 9.84 Å². The van der Waals surface area contributed by atoms with Crippen molar-refractivity contribution in [1.82, 2.24) is 4.57 Å². The molecule has 2 aromatic carbocycles. The summed E-state index contributed by atoms with van der Waals surface area (Å²) in [6.07, 6.45) is 0.420. The van der Waals surface area contributed by atoms with Crippen LogP contribution >= 0.6 is 15.9 Å². The summed E-state index contributed by atoms with van der Waals surface area (Å²) in [5, 5.41) is 9.45. The van der Waals surface area contributed by atoms with Crippen molar-refractivity contribution < 1.29 is 23.4 Å². The smallest absolute Gasteiger partial charge is 0.336 e. The molecule has 0 aliphatic heterocycles. The second-order valence-corrected chi connectivity index (χ2v) is 7.38. The molecule has 0 saturated carbocycles. The van der Waals surface area contributed by atoms with Gasteiger partial charge in [0.05, 0.1) is 11.3 Å². The minimum absolute atomic E-state index is 0.110. The monoisotopic (exact) mass is 477 g/mol. The first-order valence-corrected chi connectivity index (χ1v) is 9.88. The Kier molecular flexibility index (Phi) is 6.36. The topological polar surface area (TPSA) is 68.5 Å². The molecule has 30 heavy (non-hydrogen) atoms. The van der Waals surface area contributed by atoms with E-state index in [2.05, 4.69) is 15.9 Å². The average Bonchev–Trinajstić information content (AvgIpc) is 2.70. The zero-order valence-corrected chi connectivity index (χ0v) is 17.8. The zero-order valence-electron chi connectivity index (χ0n) is 16.2. The first-order chi connectivity index (χ1) is 14.2. The van der Waals surface area contributed by atoms with Crippen LogP contribution in [0.3, 0.4) is 0 Å². The largest absolute Gasteiger partial charge is 0.487 e. The van der Waals surface area contributed by atoms with Crippen LogP contribution in [-0.4, -0.2) is 15.6 Å². The van der Waals surface area contributed by atoms with Crippen LogP contribution < -0.4 is 10.3 Å². The Bertz CT molecular complexity index is 1190. The number of nitrogens with zero attached hydrogens (tertiary/aromatic N) is 1. The summed E-state index contributed by atoms with van der Waals surface area (Å²) in [5.41, 5.74) is 1.34. The molecule has 0 radical (unpaired) electrons. The number of halogens is 3. The third-order valence-corrected chi connectivity index (χ3v) is 5.40. The number of carbonyl (C=O) groups is 1. The van der Waals surface area contributed by atoms with E-state index in [0.29, 0.717) is 23.4 Å². The predicted octanol–water partition coefficient (Wildman–Crippen LogP) is 5.03. The van der Waals surface area contributed by atoms with Gasteiger partial charge in [-0.3, -0.25) is 9.36 Å². The maximum atomic E-state index is 13.8. The summed E-state index contributed by atoms with van der Waals surface area (Å²) in [7, 11) is 0. The molecule has 0 unspecified atom stereocenters. The lowest BCUT2D eigenvalue weighted by molar-refractivity contribution is 0.0695. The number of aromatic nitrogens is 1. The summed E-state index contributed by atoms with van der Waals surface area (Å²) < 4.78 is 34.0. The van der Waals surface area contributed by atoms with Crippen molar-refractivity contribution in [3.8, 4) is 11.4 Å². The van der Waals surface area contributed by atoms with Gasteiger partial charge in [-0.25, -0.2) is 13.6 Å². The van der Waals surface area contributed by atoms with Crippen molar-refractivity contribution in [2.75, 3.05) is 0 Å². The lowest BCUT2D eigenvalue weighted by Crippen LogP contribution is -2.24. The van der Waals surface area contributed by atoms with Crippen molar-refractivity contribution in [2.45, 2.75) is 26.9 Å². The molecule has 3 rings (SSSR count). The second kappa shape index (κ2) is 8.79. The van der Waals surface area contributed by atoms with E-state index < -0.39 is 23.2 Å². The van der Waals surface area contributed by atoms with Crippen LogP contribution in [0.15, 0.2) is 51.7 Å².